The first-order valence-electron chi connectivity index (χ1n) is 13.3. The normalized spacial score (nSPS) is 16.0. The van der Waals surface area contributed by atoms with Crippen molar-refractivity contribution in [3.8, 4) is 11.4 Å². The molecule has 2 aromatic heterocycles. The first-order chi connectivity index (χ1) is 18.0. The highest BCUT2D eigenvalue weighted by Gasteiger charge is 2.16. The largest absolute Gasteiger partial charge is 0.317 e. The van der Waals surface area contributed by atoms with Crippen molar-refractivity contribution in [2.75, 3.05) is 7.05 Å². The molecule has 0 amide bonds. The molecule has 0 bridgehead atoms. The standard InChI is InChI=1S/C32H37FN4/c1-5-9-28(34-4)13-8-10-22(2)26-12-7-6-11-24-14-15-25(16-17-27(24)20-26)29-21-35-37-32(29)31-19-18-30(33)23(3)36-31/h6,12,14-16,18-21,28,34H,2,5,7-10,13,17H2,1,3-4H3,(H,35,37). The Morgan fingerprint density at radius 2 is 2.11 bits per heavy atom. The third kappa shape index (κ3) is 6.62. The summed E-state index contributed by atoms with van der Waals surface area (Å²) < 4.78 is 13.8. The molecular weight excluding hydrogens is 459 g/mol. The van der Waals surface area contributed by atoms with E-state index >= 15 is 0 Å². The molecule has 2 aliphatic rings. The van der Waals surface area contributed by atoms with E-state index < -0.39 is 0 Å². The zero-order valence-electron chi connectivity index (χ0n) is 22.2. The van der Waals surface area contributed by atoms with Gasteiger partial charge in [0, 0.05) is 17.2 Å². The molecule has 2 aliphatic carbocycles. The van der Waals surface area contributed by atoms with Crippen molar-refractivity contribution in [2.24, 2.45) is 0 Å². The van der Waals surface area contributed by atoms with Crippen LogP contribution in [0.2, 0.25) is 0 Å². The maximum absolute atomic E-state index is 13.8. The minimum Gasteiger partial charge on any atom is -0.317 e. The molecule has 4 nitrogen and oxygen atoms in total. The summed E-state index contributed by atoms with van der Waals surface area (Å²) in [5.74, 6) is -0.312. The molecule has 0 aromatic carbocycles. The van der Waals surface area contributed by atoms with E-state index in [1.165, 1.54) is 42.0 Å². The molecule has 0 spiro atoms. The number of nitrogens with one attached hydrogen (secondary N) is 2. The van der Waals surface area contributed by atoms with Gasteiger partial charge in [0.25, 0.3) is 0 Å². The number of fused-ring (bicyclic) bond motifs is 1. The summed E-state index contributed by atoms with van der Waals surface area (Å²) in [6, 6.07) is 3.72. The van der Waals surface area contributed by atoms with Crippen molar-refractivity contribution in [3.05, 3.63) is 106 Å². The minimum atomic E-state index is -0.312. The van der Waals surface area contributed by atoms with E-state index in [1.54, 1.807) is 13.0 Å². The second kappa shape index (κ2) is 12.6. The molecule has 192 valence electrons. The van der Waals surface area contributed by atoms with Crippen molar-refractivity contribution < 1.29 is 4.39 Å². The van der Waals surface area contributed by atoms with Gasteiger partial charge in [0.2, 0.25) is 0 Å². The van der Waals surface area contributed by atoms with E-state index in [-0.39, 0.29) is 5.82 Å². The van der Waals surface area contributed by atoms with Crippen molar-refractivity contribution in [3.63, 3.8) is 0 Å². The Kier molecular flexibility index (Phi) is 9.05. The van der Waals surface area contributed by atoms with E-state index in [9.17, 15) is 4.39 Å². The van der Waals surface area contributed by atoms with Gasteiger partial charge in [-0.05, 0) is 99.1 Å². The lowest BCUT2D eigenvalue weighted by atomic mass is 9.93. The first kappa shape index (κ1) is 26.5. The van der Waals surface area contributed by atoms with E-state index in [2.05, 4.69) is 83.2 Å². The Morgan fingerprint density at radius 3 is 2.89 bits per heavy atom. The van der Waals surface area contributed by atoms with Crippen LogP contribution >= 0.6 is 0 Å². The van der Waals surface area contributed by atoms with Gasteiger partial charge in [-0.3, -0.25) is 5.10 Å². The second-order valence-electron chi connectivity index (χ2n) is 9.72. The van der Waals surface area contributed by atoms with Crippen LogP contribution in [0, 0.1) is 12.7 Å². The van der Waals surface area contributed by atoms with Gasteiger partial charge in [-0.15, -0.1) is 5.73 Å². The molecule has 37 heavy (non-hydrogen) atoms. The number of aromatic nitrogens is 3. The first-order valence-corrected chi connectivity index (χ1v) is 13.3. The summed E-state index contributed by atoms with van der Waals surface area (Å²) >= 11 is 0. The second-order valence-corrected chi connectivity index (χ2v) is 9.72. The molecule has 0 fully saturated rings. The van der Waals surface area contributed by atoms with Crippen LogP contribution in [0.1, 0.15) is 63.1 Å². The lowest BCUT2D eigenvalue weighted by molar-refractivity contribution is 0.470. The van der Waals surface area contributed by atoms with Crippen molar-refractivity contribution in [2.45, 2.75) is 64.8 Å². The van der Waals surface area contributed by atoms with Crippen molar-refractivity contribution >= 4 is 5.57 Å². The Bertz CT molecular complexity index is 1330. The maximum atomic E-state index is 13.8. The predicted molar refractivity (Wildman–Crippen MR) is 151 cm³/mol. The monoisotopic (exact) mass is 496 g/mol. The van der Waals surface area contributed by atoms with Crippen LogP contribution in [0.15, 0.2) is 89.4 Å². The molecule has 0 saturated heterocycles. The lowest BCUT2D eigenvalue weighted by Crippen LogP contribution is -2.24. The highest BCUT2D eigenvalue weighted by Crippen LogP contribution is 2.33. The van der Waals surface area contributed by atoms with Crippen LogP contribution in [0.25, 0.3) is 17.0 Å². The topological polar surface area (TPSA) is 53.6 Å². The van der Waals surface area contributed by atoms with Gasteiger partial charge in [-0.25, -0.2) is 9.37 Å². The van der Waals surface area contributed by atoms with Gasteiger partial charge >= 0.3 is 0 Å². The molecule has 0 aliphatic heterocycles. The number of aromatic amines is 1. The van der Waals surface area contributed by atoms with Gasteiger partial charge in [0.05, 0.1) is 23.3 Å². The molecule has 2 aromatic rings. The van der Waals surface area contributed by atoms with E-state index in [1.807, 2.05) is 6.20 Å². The van der Waals surface area contributed by atoms with E-state index in [4.69, 9.17) is 0 Å². The van der Waals surface area contributed by atoms with E-state index in [0.717, 1.165) is 48.1 Å². The Labute approximate surface area is 220 Å². The summed E-state index contributed by atoms with van der Waals surface area (Å²) in [4.78, 5) is 4.42. The molecule has 2 heterocycles. The predicted octanol–water partition coefficient (Wildman–Crippen LogP) is 7.72. The average Bonchev–Trinajstić information content (AvgIpc) is 3.29. The van der Waals surface area contributed by atoms with Crippen LogP contribution in [-0.4, -0.2) is 28.3 Å². The molecule has 4 rings (SSSR count). The fourth-order valence-electron chi connectivity index (χ4n) is 4.87. The number of hydrogen-bond donors (Lipinski definition) is 2. The maximum Gasteiger partial charge on any atom is 0.144 e. The van der Waals surface area contributed by atoms with Crippen molar-refractivity contribution in [1.29, 1.82) is 0 Å². The number of pyridine rings is 1. The quantitative estimate of drug-likeness (QED) is 0.331. The SMILES string of the molecule is C=C(CCCC(CCC)NC)C1=CCC=C=C2C=CC(c3cn[nH]c3-c3ccc(F)c(C)n3)=CCC2=C1. The lowest BCUT2D eigenvalue weighted by Gasteiger charge is -2.16. The summed E-state index contributed by atoms with van der Waals surface area (Å²) in [7, 11) is 2.06. The third-order valence-electron chi connectivity index (χ3n) is 7.07. The number of allylic oxidation sites excluding steroid dienone is 10. The zero-order valence-corrected chi connectivity index (χ0v) is 22.2. The number of hydrogen-bond acceptors (Lipinski definition) is 3. The summed E-state index contributed by atoms with van der Waals surface area (Å²) in [6.45, 7) is 8.35. The van der Waals surface area contributed by atoms with Crippen LogP contribution in [0.3, 0.4) is 0 Å². The number of aryl methyl sites for hydroxylation is 1. The minimum absolute atomic E-state index is 0.312. The molecule has 0 saturated carbocycles. The summed E-state index contributed by atoms with van der Waals surface area (Å²) in [6.07, 6.45) is 22.2. The van der Waals surface area contributed by atoms with Gasteiger partial charge in [-0.1, -0.05) is 44.2 Å². The van der Waals surface area contributed by atoms with Gasteiger partial charge in [0.1, 0.15) is 5.82 Å². The van der Waals surface area contributed by atoms with Gasteiger partial charge < -0.3 is 5.32 Å². The molecule has 1 unspecified atom stereocenters. The number of rotatable bonds is 10. The number of halogens is 1. The highest BCUT2D eigenvalue weighted by molar-refractivity contribution is 5.84. The van der Waals surface area contributed by atoms with Crippen LogP contribution in [0.4, 0.5) is 4.39 Å². The van der Waals surface area contributed by atoms with Crippen molar-refractivity contribution in [1.82, 2.24) is 20.5 Å². The highest BCUT2D eigenvalue weighted by atomic mass is 19.1. The molecule has 5 heteroatoms. The van der Waals surface area contributed by atoms with Crippen LogP contribution in [0.5, 0.6) is 0 Å². The molecule has 0 radical (unpaired) electrons. The van der Waals surface area contributed by atoms with Gasteiger partial charge in [-0.2, -0.15) is 5.10 Å². The molecule has 2 N–H and O–H groups in total. The fraction of sp³-hybridized carbons (Fsp3) is 0.344. The van der Waals surface area contributed by atoms with E-state index in [0.29, 0.717) is 17.4 Å². The average molecular weight is 497 g/mol. The molecule has 1 atom stereocenters. The number of H-pyrrole nitrogens is 1. The van der Waals surface area contributed by atoms with Gasteiger partial charge in [0.15, 0.2) is 0 Å². The fourth-order valence-corrected chi connectivity index (χ4v) is 4.87. The molecular formula is C32H37FN4. The van der Waals surface area contributed by atoms with Crippen LogP contribution < -0.4 is 5.32 Å². The Hall–Kier alpha value is -3.53. The third-order valence-corrected chi connectivity index (χ3v) is 7.07. The summed E-state index contributed by atoms with van der Waals surface area (Å²) in [5, 5.41) is 10.8. The summed E-state index contributed by atoms with van der Waals surface area (Å²) in [5.41, 5.74) is 12.0. The Morgan fingerprint density at radius 1 is 1.24 bits per heavy atom. The van der Waals surface area contributed by atoms with Crippen LogP contribution in [-0.2, 0) is 0 Å². The smallest absolute Gasteiger partial charge is 0.144 e. The number of nitrogens with zero attached hydrogens (tertiary/aromatic N) is 2. The Balaban J connectivity index is 1.54. The zero-order chi connectivity index (χ0) is 26.2.